The van der Waals surface area contributed by atoms with Gasteiger partial charge in [0.2, 0.25) is 0 Å². The second-order valence-electron chi connectivity index (χ2n) is 2.01. The second kappa shape index (κ2) is 5.54. The number of benzene rings is 1. The van der Waals surface area contributed by atoms with Crippen molar-refractivity contribution >= 4 is 16.8 Å². The first-order chi connectivity index (χ1) is 5.24. The summed E-state index contributed by atoms with van der Waals surface area (Å²) in [6.07, 6.45) is 1.66. The predicted molar refractivity (Wildman–Crippen MR) is 43.5 cm³/mol. The monoisotopic (exact) mass is 190 g/mol. The molecule has 0 saturated heterocycles. The molecule has 0 radical (unpaired) electrons. The average molecular weight is 190 g/mol. The Balaban J connectivity index is 0.00000121. The van der Waals surface area contributed by atoms with Crippen molar-refractivity contribution in [2.24, 2.45) is 0 Å². The van der Waals surface area contributed by atoms with E-state index in [9.17, 15) is 8.42 Å². The van der Waals surface area contributed by atoms with Gasteiger partial charge >= 0.3 is 29.6 Å². The Morgan fingerprint density at radius 1 is 1.17 bits per heavy atom. The van der Waals surface area contributed by atoms with Crippen LogP contribution in [0.25, 0.3) is 6.08 Å². The standard InChI is InChI=1S/C8H7O2S.Na/c1-2-7-3-5-8(6-4-7)11(9)10;/h2-6H,1H2;/q-1;+1. The van der Waals surface area contributed by atoms with Crippen molar-refractivity contribution in [1.82, 2.24) is 0 Å². The molecule has 0 heterocycles. The Bertz CT molecular complexity index is 319. The number of hydrogen-bond acceptors (Lipinski definition) is 3. The second-order valence-corrected chi connectivity index (χ2v) is 2.95. The van der Waals surface area contributed by atoms with Gasteiger partial charge in [-0.1, -0.05) is 41.8 Å². The summed E-state index contributed by atoms with van der Waals surface area (Å²) in [5.41, 5.74) is 0.916. The van der Waals surface area contributed by atoms with E-state index in [1.54, 1.807) is 30.3 Å². The minimum absolute atomic E-state index is 0. The summed E-state index contributed by atoms with van der Waals surface area (Å²) in [5, 5.41) is 0. The molecule has 58 valence electrons. The van der Waals surface area contributed by atoms with Crippen LogP contribution in [0.4, 0.5) is 0 Å². The molecule has 2 nitrogen and oxygen atoms in total. The third-order valence-corrected chi connectivity index (χ3v) is 1.97. The van der Waals surface area contributed by atoms with Crippen LogP contribution < -0.4 is 29.6 Å². The van der Waals surface area contributed by atoms with Crippen molar-refractivity contribution in [2.45, 2.75) is 4.90 Å². The molecule has 0 N–H and O–H groups in total. The third kappa shape index (κ3) is 3.11. The molecule has 1 rings (SSSR count). The van der Waals surface area contributed by atoms with Crippen molar-refractivity contribution in [1.29, 1.82) is 0 Å². The smallest absolute Gasteiger partial charge is 0.420 e. The van der Waals surface area contributed by atoms with Crippen molar-refractivity contribution < 1.29 is 38.0 Å². The topological polar surface area (TPSA) is 34.1 Å². The predicted octanol–water partition coefficient (Wildman–Crippen LogP) is -0.998. The molecule has 0 bridgehead atoms. The van der Waals surface area contributed by atoms with E-state index >= 15 is 0 Å². The van der Waals surface area contributed by atoms with E-state index in [1.165, 1.54) is 0 Å². The van der Waals surface area contributed by atoms with E-state index < -0.39 is 10.7 Å². The molecular formula is C8H7NaO2S. The summed E-state index contributed by atoms with van der Waals surface area (Å²) in [4.78, 5) is 0.301. The molecule has 12 heavy (non-hydrogen) atoms. The van der Waals surface area contributed by atoms with Crippen LogP contribution in [-0.2, 0) is 19.1 Å². The van der Waals surface area contributed by atoms with Crippen molar-refractivity contribution in [3.63, 3.8) is 0 Å². The molecule has 0 aromatic heterocycles. The maximum Gasteiger partial charge on any atom is 1.00 e. The van der Waals surface area contributed by atoms with Crippen molar-refractivity contribution in [3.8, 4) is 0 Å². The van der Waals surface area contributed by atoms with Gasteiger partial charge in [0.15, 0.2) is 0 Å². The fraction of sp³-hybridized carbons (Fsp3) is 0. The minimum Gasteiger partial charge on any atom is -0.420 e. The first-order valence-corrected chi connectivity index (χ1v) is 4.13. The molecule has 4 heteroatoms. The maximum absolute atomic E-state index is 10.4. The quantitative estimate of drug-likeness (QED) is 0.443. The van der Waals surface area contributed by atoms with Gasteiger partial charge in [0.1, 0.15) is 0 Å². The van der Waals surface area contributed by atoms with E-state index in [2.05, 4.69) is 6.58 Å². The summed E-state index contributed by atoms with van der Waals surface area (Å²) in [7, 11) is -2.12. The Kier molecular flexibility index (Phi) is 5.50. The van der Waals surface area contributed by atoms with Crippen LogP contribution >= 0.6 is 0 Å². The number of rotatable bonds is 2. The third-order valence-electron chi connectivity index (χ3n) is 1.31. The summed E-state index contributed by atoms with van der Waals surface area (Å²) >= 11 is 0. The van der Waals surface area contributed by atoms with Crippen molar-refractivity contribution in [3.05, 3.63) is 36.4 Å². The zero-order chi connectivity index (χ0) is 8.27. The molecule has 1 aromatic rings. The van der Waals surface area contributed by atoms with E-state index in [1.807, 2.05) is 0 Å². The van der Waals surface area contributed by atoms with Crippen LogP contribution in [0.3, 0.4) is 0 Å². The molecule has 0 aliphatic rings. The fourth-order valence-corrected chi connectivity index (χ4v) is 1.07. The largest absolute Gasteiger partial charge is 1.00 e. The van der Waals surface area contributed by atoms with E-state index in [0.29, 0.717) is 4.90 Å². The van der Waals surface area contributed by atoms with Crippen LogP contribution in [0.1, 0.15) is 5.56 Å². The average Bonchev–Trinajstić information content (AvgIpc) is 2.05. The summed E-state index contributed by atoms with van der Waals surface area (Å²) in [6, 6.07) is 6.50. The molecule has 0 aliphatic heterocycles. The van der Waals surface area contributed by atoms with E-state index in [-0.39, 0.29) is 29.6 Å². The van der Waals surface area contributed by atoms with Gasteiger partial charge in [-0.2, -0.15) is 0 Å². The zero-order valence-electron chi connectivity index (χ0n) is 6.82. The SMILES string of the molecule is C=Cc1ccc([S-](=O)=O)cc1.[Na+]. The van der Waals surface area contributed by atoms with Gasteiger partial charge in [0.25, 0.3) is 0 Å². The van der Waals surface area contributed by atoms with Gasteiger partial charge in [-0.05, 0) is 16.3 Å². The summed E-state index contributed by atoms with van der Waals surface area (Å²) < 4.78 is 20.7. The van der Waals surface area contributed by atoms with Crippen molar-refractivity contribution in [2.75, 3.05) is 0 Å². The van der Waals surface area contributed by atoms with Crippen LogP contribution in [0.2, 0.25) is 0 Å². The van der Waals surface area contributed by atoms with Crippen LogP contribution in [-0.4, -0.2) is 0 Å². The van der Waals surface area contributed by atoms with Crippen LogP contribution in [0.5, 0.6) is 0 Å². The Hall–Kier alpha value is -0.0900. The Labute approximate surface area is 95.5 Å². The van der Waals surface area contributed by atoms with Gasteiger partial charge in [-0.25, -0.2) is 0 Å². The number of hydrogen-bond donors (Lipinski definition) is 0. The van der Waals surface area contributed by atoms with Crippen LogP contribution in [0.15, 0.2) is 35.7 Å². The summed E-state index contributed by atoms with van der Waals surface area (Å²) in [6.45, 7) is 3.55. The summed E-state index contributed by atoms with van der Waals surface area (Å²) in [5.74, 6) is 0. The van der Waals surface area contributed by atoms with E-state index in [4.69, 9.17) is 0 Å². The first kappa shape index (κ1) is 11.9. The molecule has 0 spiro atoms. The normalized spacial score (nSPS) is 9.08. The molecule has 0 unspecified atom stereocenters. The van der Waals surface area contributed by atoms with Crippen LogP contribution in [0, 0.1) is 0 Å². The molecule has 0 aliphatic carbocycles. The van der Waals surface area contributed by atoms with E-state index in [0.717, 1.165) is 5.56 Å². The van der Waals surface area contributed by atoms with Gasteiger partial charge in [0, 0.05) is 0 Å². The van der Waals surface area contributed by atoms with Gasteiger partial charge in [-0.3, -0.25) is 0 Å². The van der Waals surface area contributed by atoms with Gasteiger partial charge in [0.05, 0.1) is 0 Å². The molecule has 0 amide bonds. The molecule has 0 atom stereocenters. The molecule has 1 aromatic carbocycles. The van der Waals surface area contributed by atoms with Gasteiger partial charge in [-0.15, -0.1) is 0 Å². The Morgan fingerprint density at radius 2 is 1.67 bits per heavy atom. The zero-order valence-corrected chi connectivity index (χ0v) is 9.64. The molecule has 0 fully saturated rings. The molecular weight excluding hydrogens is 183 g/mol. The molecule has 0 saturated carbocycles. The maximum atomic E-state index is 10.4. The van der Waals surface area contributed by atoms with Gasteiger partial charge < -0.3 is 8.42 Å². The fourth-order valence-electron chi connectivity index (χ4n) is 0.715. The first-order valence-electron chi connectivity index (χ1n) is 3.06. The Morgan fingerprint density at radius 3 is 2.00 bits per heavy atom. The minimum atomic E-state index is -2.12.